The first kappa shape index (κ1) is 18.8. The second kappa shape index (κ2) is 7.27. The highest BCUT2D eigenvalue weighted by molar-refractivity contribution is 5.94. The van der Waals surface area contributed by atoms with Gasteiger partial charge in [0.2, 0.25) is 0 Å². The summed E-state index contributed by atoms with van der Waals surface area (Å²) in [5.41, 5.74) is 1.64. The van der Waals surface area contributed by atoms with Crippen molar-refractivity contribution in [1.29, 1.82) is 0 Å². The molecule has 0 N–H and O–H groups in total. The van der Waals surface area contributed by atoms with Crippen LogP contribution in [0.5, 0.6) is 0 Å². The Hall–Kier alpha value is -3.16. The monoisotopic (exact) mass is 408 g/mol. The van der Waals surface area contributed by atoms with Crippen LogP contribution in [0.2, 0.25) is 0 Å². The summed E-state index contributed by atoms with van der Waals surface area (Å²) >= 11 is 0. The predicted octanol–water partition coefficient (Wildman–Crippen LogP) is 4.55. The number of hydrogen-bond donors (Lipinski definition) is 0. The standard InChI is InChI=1S/C22H22F2N6/c1-13-7-9-29(21-19-14(2)4-3-5-15(19)6-8-25-21)11-16(13)18-10-17(20(23)24)28-22-26-12-27-30(18)22/h3-6,8,10,12-13,16,20H,7,9,11H2,1-2H3/t13-,16-/m1/s1. The number of anilines is 1. The van der Waals surface area contributed by atoms with E-state index in [4.69, 9.17) is 4.98 Å². The molecule has 0 saturated carbocycles. The van der Waals surface area contributed by atoms with E-state index < -0.39 is 6.43 Å². The van der Waals surface area contributed by atoms with Crippen LogP contribution in [0.15, 0.2) is 42.9 Å². The summed E-state index contributed by atoms with van der Waals surface area (Å²) < 4.78 is 28.5. The van der Waals surface area contributed by atoms with Gasteiger partial charge in [-0.05, 0) is 42.3 Å². The minimum atomic E-state index is -2.65. The van der Waals surface area contributed by atoms with Crippen LogP contribution in [0.25, 0.3) is 16.6 Å². The van der Waals surface area contributed by atoms with Gasteiger partial charge in [-0.1, -0.05) is 25.1 Å². The average Bonchev–Trinajstić information content (AvgIpc) is 3.22. The van der Waals surface area contributed by atoms with Gasteiger partial charge in [-0.3, -0.25) is 0 Å². The smallest absolute Gasteiger partial charge is 0.280 e. The summed E-state index contributed by atoms with van der Waals surface area (Å²) in [6.07, 6.45) is 1.48. The lowest BCUT2D eigenvalue weighted by Crippen LogP contribution is -2.39. The topological polar surface area (TPSA) is 59.2 Å². The van der Waals surface area contributed by atoms with E-state index >= 15 is 0 Å². The van der Waals surface area contributed by atoms with E-state index in [2.05, 4.69) is 45.9 Å². The lowest BCUT2D eigenvalue weighted by atomic mass is 9.84. The molecular weight excluding hydrogens is 386 g/mol. The van der Waals surface area contributed by atoms with Gasteiger partial charge in [0.25, 0.3) is 12.2 Å². The van der Waals surface area contributed by atoms with Crippen LogP contribution < -0.4 is 4.90 Å². The molecule has 0 spiro atoms. The number of benzene rings is 1. The Morgan fingerprint density at radius 1 is 1.17 bits per heavy atom. The maximum atomic E-state index is 13.5. The van der Waals surface area contributed by atoms with Gasteiger partial charge in [-0.2, -0.15) is 10.1 Å². The zero-order valence-electron chi connectivity index (χ0n) is 16.8. The van der Waals surface area contributed by atoms with Crippen molar-refractivity contribution in [1.82, 2.24) is 24.6 Å². The molecule has 4 aromatic rings. The quantitative estimate of drug-likeness (QED) is 0.498. The molecule has 1 aromatic carbocycles. The summed E-state index contributed by atoms with van der Waals surface area (Å²) in [5.74, 6) is 1.47. The molecule has 1 fully saturated rings. The zero-order chi connectivity index (χ0) is 20.8. The van der Waals surface area contributed by atoms with Crippen LogP contribution in [-0.2, 0) is 0 Å². The molecule has 6 nitrogen and oxygen atoms in total. The maximum Gasteiger partial charge on any atom is 0.280 e. The van der Waals surface area contributed by atoms with E-state index in [0.717, 1.165) is 35.2 Å². The molecule has 4 heterocycles. The van der Waals surface area contributed by atoms with Crippen molar-refractivity contribution >= 4 is 22.4 Å². The van der Waals surface area contributed by atoms with E-state index in [1.165, 1.54) is 18.0 Å². The van der Waals surface area contributed by atoms with Crippen LogP contribution in [0.4, 0.5) is 14.6 Å². The molecule has 3 aromatic heterocycles. The van der Waals surface area contributed by atoms with Crippen LogP contribution >= 0.6 is 0 Å². The third-order valence-electron chi connectivity index (χ3n) is 6.14. The number of nitrogens with zero attached hydrogens (tertiary/aromatic N) is 6. The maximum absolute atomic E-state index is 13.5. The van der Waals surface area contributed by atoms with Gasteiger partial charge in [-0.15, -0.1) is 0 Å². The molecule has 0 amide bonds. The number of alkyl halides is 2. The van der Waals surface area contributed by atoms with Crippen LogP contribution in [-0.4, -0.2) is 37.7 Å². The van der Waals surface area contributed by atoms with E-state index in [1.807, 2.05) is 18.3 Å². The second-order valence-corrected chi connectivity index (χ2v) is 8.00. The molecular formula is C22H22F2N6. The second-order valence-electron chi connectivity index (χ2n) is 8.00. The Kier molecular flexibility index (Phi) is 4.56. The largest absolute Gasteiger partial charge is 0.355 e. The first-order valence-electron chi connectivity index (χ1n) is 10.1. The summed E-state index contributed by atoms with van der Waals surface area (Å²) in [6, 6.07) is 9.74. The van der Waals surface area contributed by atoms with Crippen molar-refractivity contribution in [2.24, 2.45) is 5.92 Å². The minimum Gasteiger partial charge on any atom is -0.355 e. The summed E-state index contributed by atoms with van der Waals surface area (Å²) in [4.78, 5) is 15.0. The molecule has 1 aliphatic rings. The number of fused-ring (bicyclic) bond motifs is 2. The SMILES string of the molecule is Cc1cccc2ccnc(N3CC[C@@H](C)[C@H](c4cc(C(F)F)nc5ncnn45)C3)c12. The Morgan fingerprint density at radius 3 is 2.87 bits per heavy atom. The lowest BCUT2D eigenvalue weighted by molar-refractivity contribution is 0.146. The number of hydrogen-bond acceptors (Lipinski definition) is 5. The van der Waals surface area contributed by atoms with Gasteiger partial charge >= 0.3 is 0 Å². The first-order chi connectivity index (χ1) is 14.5. The fraction of sp³-hybridized carbons (Fsp3) is 0.364. The van der Waals surface area contributed by atoms with Crippen molar-refractivity contribution in [3.63, 3.8) is 0 Å². The fourth-order valence-corrected chi connectivity index (χ4v) is 4.50. The number of pyridine rings is 1. The van der Waals surface area contributed by atoms with Crippen LogP contribution in [0, 0.1) is 12.8 Å². The Morgan fingerprint density at radius 2 is 2.03 bits per heavy atom. The summed E-state index contributed by atoms with van der Waals surface area (Å²) in [6.45, 7) is 5.79. The molecule has 0 aliphatic carbocycles. The number of rotatable bonds is 3. The van der Waals surface area contributed by atoms with E-state index in [0.29, 0.717) is 12.5 Å². The molecule has 154 valence electrons. The molecule has 0 radical (unpaired) electrons. The molecule has 0 unspecified atom stereocenters. The van der Waals surface area contributed by atoms with E-state index in [9.17, 15) is 8.78 Å². The first-order valence-corrected chi connectivity index (χ1v) is 10.1. The number of aromatic nitrogens is 5. The highest BCUT2D eigenvalue weighted by Gasteiger charge is 2.32. The highest BCUT2D eigenvalue weighted by Crippen LogP contribution is 2.37. The molecule has 8 heteroatoms. The van der Waals surface area contributed by atoms with Crippen molar-refractivity contribution in [2.75, 3.05) is 18.0 Å². The van der Waals surface area contributed by atoms with Crippen LogP contribution in [0.1, 0.15) is 42.6 Å². The molecule has 0 bridgehead atoms. The molecule has 5 rings (SSSR count). The third-order valence-corrected chi connectivity index (χ3v) is 6.14. The lowest BCUT2D eigenvalue weighted by Gasteiger charge is -2.38. The Bertz CT molecular complexity index is 1220. The number of aryl methyl sites for hydroxylation is 1. The van der Waals surface area contributed by atoms with E-state index in [-0.39, 0.29) is 17.4 Å². The number of halogens is 2. The molecule has 1 saturated heterocycles. The van der Waals surface area contributed by atoms with Gasteiger partial charge in [0.15, 0.2) is 0 Å². The Balaban J connectivity index is 1.59. The average molecular weight is 408 g/mol. The Labute approximate surface area is 172 Å². The van der Waals surface area contributed by atoms with Crippen molar-refractivity contribution in [3.8, 4) is 0 Å². The zero-order valence-corrected chi connectivity index (χ0v) is 16.8. The van der Waals surface area contributed by atoms with Gasteiger partial charge in [0, 0.05) is 30.6 Å². The van der Waals surface area contributed by atoms with Crippen molar-refractivity contribution < 1.29 is 8.78 Å². The molecule has 30 heavy (non-hydrogen) atoms. The molecule has 2 atom stereocenters. The minimum absolute atomic E-state index is 0.00419. The fourth-order valence-electron chi connectivity index (χ4n) is 4.50. The molecule has 1 aliphatic heterocycles. The summed E-state index contributed by atoms with van der Waals surface area (Å²) in [7, 11) is 0. The van der Waals surface area contributed by atoms with Gasteiger partial charge in [-0.25, -0.2) is 23.3 Å². The van der Waals surface area contributed by atoms with Crippen LogP contribution in [0.3, 0.4) is 0 Å². The highest BCUT2D eigenvalue weighted by atomic mass is 19.3. The third kappa shape index (κ3) is 3.07. The number of piperidine rings is 1. The predicted molar refractivity (Wildman–Crippen MR) is 111 cm³/mol. The van der Waals surface area contributed by atoms with Gasteiger partial charge < -0.3 is 4.90 Å². The normalized spacial score (nSPS) is 19.8. The van der Waals surface area contributed by atoms with Gasteiger partial charge in [0.05, 0.1) is 5.69 Å². The van der Waals surface area contributed by atoms with E-state index in [1.54, 1.807) is 4.52 Å². The van der Waals surface area contributed by atoms with Crippen molar-refractivity contribution in [3.05, 3.63) is 59.8 Å². The van der Waals surface area contributed by atoms with Gasteiger partial charge in [0.1, 0.15) is 17.8 Å². The summed E-state index contributed by atoms with van der Waals surface area (Å²) in [5, 5.41) is 6.55. The van der Waals surface area contributed by atoms with Crippen molar-refractivity contribution in [2.45, 2.75) is 32.6 Å².